The van der Waals surface area contributed by atoms with Crippen LogP contribution in [0.25, 0.3) is 0 Å². The standard InChI is InChI=1S/C14H16N4O/c1-3-15-12-8-7-11(9-16-12)14(19)18-13-6-4-5-10(2)17-13/h4-9H,3H2,1-2H3,(H,15,16)(H,17,18,19). The highest BCUT2D eigenvalue weighted by molar-refractivity contribution is 6.03. The Labute approximate surface area is 112 Å². The summed E-state index contributed by atoms with van der Waals surface area (Å²) in [5.41, 5.74) is 1.36. The number of pyridine rings is 2. The number of hydrogen-bond acceptors (Lipinski definition) is 4. The third kappa shape index (κ3) is 3.51. The summed E-state index contributed by atoms with van der Waals surface area (Å²) in [6.07, 6.45) is 1.54. The SMILES string of the molecule is CCNc1ccc(C(=O)Nc2cccc(C)n2)cn1. The van der Waals surface area contributed by atoms with Gasteiger partial charge in [-0.25, -0.2) is 9.97 Å². The summed E-state index contributed by atoms with van der Waals surface area (Å²) in [5.74, 6) is 1.09. The van der Waals surface area contributed by atoms with Gasteiger partial charge in [0, 0.05) is 18.4 Å². The molecular formula is C14H16N4O. The van der Waals surface area contributed by atoms with Crippen molar-refractivity contribution in [2.24, 2.45) is 0 Å². The fourth-order valence-electron chi connectivity index (χ4n) is 1.62. The van der Waals surface area contributed by atoms with Crippen molar-refractivity contribution in [1.29, 1.82) is 0 Å². The van der Waals surface area contributed by atoms with E-state index in [1.165, 1.54) is 0 Å². The summed E-state index contributed by atoms with van der Waals surface area (Å²) in [4.78, 5) is 20.4. The van der Waals surface area contributed by atoms with E-state index in [4.69, 9.17) is 0 Å². The van der Waals surface area contributed by atoms with E-state index < -0.39 is 0 Å². The van der Waals surface area contributed by atoms with Gasteiger partial charge in [0.1, 0.15) is 11.6 Å². The van der Waals surface area contributed by atoms with Crippen LogP contribution < -0.4 is 10.6 Å². The van der Waals surface area contributed by atoms with Gasteiger partial charge in [0.2, 0.25) is 0 Å². The summed E-state index contributed by atoms with van der Waals surface area (Å²) in [6, 6.07) is 9.00. The molecule has 98 valence electrons. The largest absolute Gasteiger partial charge is 0.370 e. The van der Waals surface area contributed by atoms with Crippen molar-refractivity contribution in [3.05, 3.63) is 47.8 Å². The first-order valence-electron chi connectivity index (χ1n) is 6.14. The van der Waals surface area contributed by atoms with E-state index in [9.17, 15) is 4.79 Å². The van der Waals surface area contributed by atoms with Gasteiger partial charge in [-0.1, -0.05) is 6.07 Å². The van der Waals surface area contributed by atoms with E-state index in [2.05, 4.69) is 20.6 Å². The molecule has 19 heavy (non-hydrogen) atoms. The average Bonchev–Trinajstić information content (AvgIpc) is 2.40. The van der Waals surface area contributed by atoms with Gasteiger partial charge in [-0.3, -0.25) is 4.79 Å². The molecule has 5 nitrogen and oxygen atoms in total. The Morgan fingerprint density at radius 1 is 1.21 bits per heavy atom. The van der Waals surface area contributed by atoms with Gasteiger partial charge in [-0.2, -0.15) is 0 Å². The van der Waals surface area contributed by atoms with Crippen LogP contribution in [-0.2, 0) is 0 Å². The molecule has 2 heterocycles. The molecule has 0 aliphatic carbocycles. The number of rotatable bonds is 4. The molecule has 0 unspecified atom stereocenters. The van der Waals surface area contributed by atoms with Gasteiger partial charge in [0.25, 0.3) is 5.91 Å². The fourth-order valence-corrected chi connectivity index (χ4v) is 1.62. The predicted molar refractivity (Wildman–Crippen MR) is 75.3 cm³/mol. The lowest BCUT2D eigenvalue weighted by atomic mass is 10.2. The number of aryl methyl sites for hydroxylation is 1. The summed E-state index contributed by atoms with van der Waals surface area (Å²) < 4.78 is 0. The smallest absolute Gasteiger partial charge is 0.258 e. The molecule has 0 radical (unpaired) electrons. The first kappa shape index (κ1) is 13.0. The monoisotopic (exact) mass is 256 g/mol. The molecule has 2 aromatic heterocycles. The molecule has 0 fully saturated rings. The summed E-state index contributed by atoms with van der Waals surface area (Å²) in [5, 5.41) is 5.82. The molecule has 2 rings (SSSR count). The van der Waals surface area contributed by atoms with Crippen LogP contribution in [-0.4, -0.2) is 22.4 Å². The Morgan fingerprint density at radius 3 is 2.68 bits per heavy atom. The topological polar surface area (TPSA) is 66.9 Å². The second kappa shape index (κ2) is 5.95. The minimum absolute atomic E-state index is 0.214. The van der Waals surface area contributed by atoms with E-state index in [1.807, 2.05) is 26.0 Å². The van der Waals surface area contributed by atoms with E-state index in [0.717, 1.165) is 18.1 Å². The van der Waals surface area contributed by atoms with Crippen LogP contribution in [0.5, 0.6) is 0 Å². The maximum absolute atomic E-state index is 12.0. The van der Waals surface area contributed by atoms with Crippen LogP contribution in [0.2, 0.25) is 0 Å². The quantitative estimate of drug-likeness (QED) is 0.881. The fraction of sp³-hybridized carbons (Fsp3) is 0.214. The predicted octanol–water partition coefficient (Wildman–Crippen LogP) is 2.47. The summed E-state index contributed by atoms with van der Waals surface area (Å²) in [6.45, 7) is 4.67. The summed E-state index contributed by atoms with van der Waals surface area (Å²) in [7, 11) is 0. The minimum atomic E-state index is -0.214. The zero-order valence-corrected chi connectivity index (χ0v) is 11.0. The third-order valence-electron chi connectivity index (χ3n) is 2.51. The molecular weight excluding hydrogens is 240 g/mol. The van der Waals surface area contributed by atoms with Gasteiger partial charge < -0.3 is 10.6 Å². The molecule has 0 aliphatic rings. The van der Waals surface area contributed by atoms with Crippen LogP contribution >= 0.6 is 0 Å². The highest BCUT2D eigenvalue weighted by Crippen LogP contribution is 2.09. The van der Waals surface area contributed by atoms with E-state index in [-0.39, 0.29) is 5.91 Å². The van der Waals surface area contributed by atoms with Crippen LogP contribution in [0.4, 0.5) is 11.6 Å². The van der Waals surface area contributed by atoms with Crippen LogP contribution in [0.15, 0.2) is 36.5 Å². The van der Waals surface area contributed by atoms with Crippen LogP contribution in [0.3, 0.4) is 0 Å². The van der Waals surface area contributed by atoms with Crippen molar-refractivity contribution < 1.29 is 4.79 Å². The van der Waals surface area contributed by atoms with Gasteiger partial charge in [0.05, 0.1) is 5.56 Å². The van der Waals surface area contributed by atoms with Gasteiger partial charge in [0.15, 0.2) is 0 Å². The lowest BCUT2D eigenvalue weighted by molar-refractivity contribution is 0.102. The Balaban J connectivity index is 2.07. The zero-order chi connectivity index (χ0) is 13.7. The highest BCUT2D eigenvalue weighted by Gasteiger charge is 2.07. The molecule has 2 N–H and O–H groups in total. The average molecular weight is 256 g/mol. The second-order valence-electron chi connectivity index (χ2n) is 4.08. The first-order valence-corrected chi connectivity index (χ1v) is 6.14. The van der Waals surface area contributed by atoms with E-state index in [0.29, 0.717) is 11.4 Å². The number of nitrogens with zero attached hydrogens (tertiary/aromatic N) is 2. The van der Waals surface area contributed by atoms with Crippen LogP contribution in [0.1, 0.15) is 23.0 Å². The molecule has 2 aromatic rings. The Kier molecular flexibility index (Phi) is 4.07. The third-order valence-corrected chi connectivity index (χ3v) is 2.51. The lowest BCUT2D eigenvalue weighted by Gasteiger charge is -2.06. The minimum Gasteiger partial charge on any atom is -0.370 e. The normalized spacial score (nSPS) is 10.0. The number of aromatic nitrogens is 2. The lowest BCUT2D eigenvalue weighted by Crippen LogP contribution is -2.13. The maximum atomic E-state index is 12.0. The van der Waals surface area contributed by atoms with Gasteiger partial charge >= 0.3 is 0 Å². The Morgan fingerprint density at radius 2 is 2.05 bits per heavy atom. The molecule has 0 aliphatic heterocycles. The van der Waals surface area contributed by atoms with Gasteiger partial charge in [-0.15, -0.1) is 0 Å². The van der Waals surface area contributed by atoms with Crippen molar-refractivity contribution in [1.82, 2.24) is 9.97 Å². The molecule has 5 heteroatoms. The molecule has 0 aromatic carbocycles. The van der Waals surface area contributed by atoms with Gasteiger partial charge in [-0.05, 0) is 38.1 Å². The van der Waals surface area contributed by atoms with Crippen LogP contribution in [0, 0.1) is 6.92 Å². The van der Waals surface area contributed by atoms with Crippen molar-refractivity contribution in [3.63, 3.8) is 0 Å². The van der Waals surface area contributed by atoms with Crippen molar-refractivity contribution in [3.8, 4) is 0 Å². The molecule has 0 spiro atoms. The summed E-state index contributed by atoms with van der Waals surface area (Å²) >= 11 is 0. The molecule has 0 atom stereocenters. The number of anilines is 2. The first-order chi connectivity index (χ1) is 9.19. The molecule has 0 bridgehead atoms. The number of carbonyl (C=O) groups is 1. The molecule has 0 saturated carbocycles. The number of hydrogen-bond donors (Lipinski definition) is 2. The second-order valence-corrected chi connectivity index (χ2v) is 4.08. The molecule has 1 amide bonds. The maximum Gasteiger partial charge on any atom is 0.258 e. The number of nitrogens with one attached hydrogen (secondary N) is 2. The zero-order valence-electron chi connectivity index (χ0n) is 11.0. The van der Waals surface area contributed by atoms with Crippen molar-refractivity contribution >= 4 is 17.5 Å². The van der Waals surface area contributed by atoms with Crippen molar-refractivity contribution in [2.75, 3.05) is 17.2 Å². The number of amides is 1. The van der Waals surface area contributed by atoms with Crippen molar-refractivity contribution in [2.45, 2.75) is 13.8 Å². The Bertz CT molecular complexity index is 566. The van der Waals surface area contributed by atoms with E-state index >= 15 is 0 Å². The Hall–Kier alpha value is -2.43. The van der Waals surface area contributed by atoms with E-state index in [1.54, 1.807) is 24.4 Å². The highest BCUT2D eigenvalue weighted by atomic mass is 16.1. The molecule has 0 saturated heterocycles. The number of carbonyl (C=O) groups excluding carboxylic acids is 1.